The number of hydrogen-bond donors (Lipinski definition) is 1. The third-order valence-corrected chi connectivity index (χ3v) is 6.11. The molecule has 2 aromatic carbocycles. The average molecular weight is 377 g/mol. The van der Waals surface area contributed by atoms with Gasteiger partial charge in [-0.2, -0.15) is 0 Å². The lowest BCUT2D eigenvalue weighted by atomic mass is 9.63. The zero-order valence-corrected chi connectivity index (χ0v) is 16.0. The lowest BCUT2D eigenvalue weighted by Gasteiger charge is -2.50. The normalized spacial score (nSPS) is 27.2. The van der Waals surface area contributed by atoms with Gasteiger partial charge in [-0.3, -0.25) is 9.59 Å². The van der Waals surface area contributed by atoms with Crippen molar-refractivity contribution in [2.45, 2.75) is 25.8 Å². The molecule has 3 atom stereocenters. The minimum atomic E-state index is -1.10. The number of carbonyl (C=O) groups is 2. The minimum Gasteiger partial charge on any atom is -0.511 e. The molecule has 2 aliphatic rings. The second kappa shape index (κ2) is 6.82. The Hall–Kier alpha value is -3.08. The highest BCUT2D eigenvalue weighted by molar-refractivity contribution is 6.04. The van der Waals surface area contributed by atoms with Crippen LogP contribution in [0.2, 0.25) is 0 Å². The Kier molecular flexibility index (Phi) is 4.46. The third kappa shape index (κ3) is 2.78. The first-order chi connectivity index (χ1) is 13.4. The Morgan fingerprint density at radius 1 is 1.07 bits per heavy atom. The van der Waals surface area contributed by atoms with Crippen molar-refractivity contribution < 1.29 is 19.4 Å². The highest BCUT2D eigenvalue weighted by Gasteiger charge is 2.55. The van der Waals surface area contributed by atoms with Crippen LogP contribution in [0.1, 0.15) is 31.4 Å². The van der Waals surface area contributed by atoms with Crippen LogP contribution in [0.5, 0.6) is 5.75 Å². The Balaban J connectivity index is 1.84. The second-order valence-electron chi connectivity index (χ2n) is 7.63. The molecule has 1 heterocycles. The summed E-state index contributed by atoms with van der Waals surface area (Å²) >= 11 is 0. The lowest BCUT2D eigenvalue weighted by molar-refractivity contribution is -0.136. The summed E-state index contributed by atoms with van der Waals surface area (Å²) in [5, 5.41) is 10.6. The van der Waals surface area contributed by atoms with Gasteiger partial charge in [0.25, 0.3) is 0 Å². The zero-order valence-electron chi connectivity index (χ0n) is 16.0. The van der Waals surface area contributed by atoms with Crippen LogP contribution in [0.15, 0.2) is 66.4 Å². The van der Waals surface area contributed by atoms with E-state index in [0.717, 1.165) is 11.3 Å². The van der Waals surface area contributed by atoms with Gasteiger partial charge >= 0.3 is 0 Å². The fourth-order valence-electron chi connectivity index (χ4n) is 4.39. The van der Waals surface area contributed by atoms with Crippen LogP contribution in [0.4, 0.5) is 5.69 Å². The number of methoxy groups -OCH3 is 1. The van der Waals surface area contributed by atoms with E-state index < -0.39 is 5.41 Å². The Morgan fingerprint density at radius 2 is 1.75 bits per heavy atom. The first-order valence-electron chi connectivity index (χ1n) is 9.41. The minimum absolute atomic E-state index is 0.127. The van der Waals surface area contributed by atoms with Crippen molar-refractivity contribution in [3.8, 4) is 5.75 Å². The summed E-state index contributed by atoms with van der Waals surface area (Å²) < 4.78 is 5.24. The molecule has 0 spiro atoms. The van der Waals surface area contributed by atoms with E-state index in [1.807, 2.05) is 54.6 Å². The van der Waals surface area contributed by atoms with E-state index in [4.69, 9.17) is 4.74 Å². The molecular weight excluding hydrogens is 354 g/mol. The van der Waals surface area contributed by atoms with Gasteiger partial charge < -0.3 is 14.7 Å². The standard InChI is InChI=1S/C23H23NO4/c1-23-16(12-18(25)14-21(23)26)13-20(15-6-4-3-5-7-15)24(22(23)27)17-8-10-19(28-2)11-9-17/h3-11,14,16,20,26H,12-13H2,1-2H3/t16-,20-,23-/m0/s1. The number of benzene rings is 2. The number of hydrogen-bond acceptors (Lipinski definition) is 4. The maximum Gasteiger partial charge on any atom is 0.241 e. The van der Waals surface area contributed by atoms with Gasteiger partial charge in [0.2, 0.25) is 5.91 Å². The fourth-order valence-corrected chi connectivity index (χ4v) is 4.39. The molecule has 1 fully saturated rings. The number of amides is 1. The number of ether oxygens (including phenoxy) is 1. The van der Waals surface area contributed by atoms with Crippen molar-refractivity contribution >= 4 is 17.4 Å². The fraction of sp³-hybridized carbons (Fsp3) is 0.304. The summed E-state index contributed by atoms with van der Waals surface area (Å²) in [6, 6.07) is 17.0. The van der Waals surface area contributed by atoms with E-state index >= 15 is 0 Å². The van der Waals surface area contributed by atoms with Crippen molar-refractivity contribution in [1.29, 1.82) is 0 Å². The number of fused-ring (bicyclic) bond motifs is 1. The molecule has 4 rings (SSSR count). The van der Waals surface area contributed by atoms with Crippen molar-refractivity contribution in [3.05, 3.63) is 72.0 Å². The SMILES string of the molecule is COc1ccc(N2C(=O)[C@]3(C)C(O)=CC(=O)C[C@H]3C[C@H]2c2ccccc2)cc1. The molecule has 1 saturated heterocycles. The predicted octanol–water partition coefficient (Wildman–Crippen LogP) is 4.21. The largest absolute Gasteiger partial charge is 0.511 e. The summed E-state index contributed by atoms with van der Waals surface area (Å²) in [6.45, 7) is 1.75. The summed E-state index contributed by atoms with van der Waals surface area (Å²) in [7, 11) is 1.60. The number of anilines is 1. The topological polar surface area (TPSA) is 66.8 Å². The summed E-state index contributed by atoms with van der Waals surface area (Å²) in [5.74, 6) is 0.0158. The van der Waals surface area contributed by atoms with E-state index in [-0.39, 0.29) is 35.8 Å². The number of rotatable bonds is 3. The van der Waals surface area contributed by atoms with Gasteiger partial charge in [-0.15, -0.1) is 0 Å². The van der Waals surface area contributed by atoms with Crippen molar-refractivity contribution in [2.24, 2.45) is 11.3 Å². The van der Waals surface area contributed by atoms with Crippen molar-refractivity contribution in [1.82, 2.24) is 0 Å². The summed E-state index contributed by atoms with van der Waals surface area (Å²) in [5.41, 5.74) is 0.651. The molecule has 1 aliphatic heterocycles. The Morgan fingerprint density at radius 3 is 2.39 bits per heavy atom. The first kappa shape index (κ1) is 18.3. The number of nitrogens with zero attached hydrogens (tertiary/aromatic N) is 1. The Bertz CT molecular complexity index is 935. The monoisotopic (exact) mass is 377 g/mol. The molecule has 0 unspecified atom stereocenters. The van der Waals surface area contributed by atoms with E-state index in [2.05, 4.69) is 0 Å². The van der Waals surface area contributed by atoms with Crippen molar-refractivity contribution in [2.75, 3.05) is 12.0 Å². The van der Waals surface area contributed by atoms with Crippen molar-refractivity contribution in [3.63, 3.8) is 0 Å². The number of allylic oxidation sites excluding steroid dienone is 1. The van der Waals surface area contributed by atoms with E-state index in [1.165, 1.54) is 6.08 Å². The lowest BCUT2D eigenvalue weighted by Crippen LogP contribution is -2.56. The first-order valence-corrected chi connectivity index (χ1v) is 9.41. The van der Waals surface area contributed by atoms with Gasteiger partial charge in [-0.25, -0.2) is 0 Å². The highest BCUT2D eigenvalue weighted by Crippen LogP contribution is 2.52. The zero-order chi connectivity index (χ0) is 19.9. The van der Waals surface area contributed by atoms with Gasteiger partial charge in [0.05, 0.1) is 13.2 Å². The maximum absolute atomic E-state index is 13.7. The quantitative estimate of drug-likeness (QED) is 0.870. The molecule has 28 heavy (non-hydrogen) atoms. The highest BCUT2D eigenvalue weighted by atomic mass is 16.5. The second-order valence-corrected chi connectivity index (χ2v) is 7.63. The molecule has 1 N–H and O–H groups in total. The van der Waals surface area contributed by atoms with Crippen LogP contribution in [0.3, 0.4) is 0 Å². The van der Waals surface area contributed by atoms with Crippen LogP contribution < -0.4 is 9.64 Å². The molecule has 5 heteroatoms. The summed E-state index contributed by atoms with van der Waals surface area (Å²) in [4.78, 5) is 27.5. The molecule has 5 nitrogen and oxygen atoms in total. The molecule has 1 amide bonds. The van der Waals surface area contributed by atoms with Gasteiger partial charge in [0.15, 0.2) is 5.78 Å². The smallest absolute Gasteiger partial charge is 0.241 e. The van der Waals surface area contributed by atoms with Gasteiger partial charge in [-0.05, 0) is 49.1 Å². The third-order valence-electron chi connectivity index (χ3n) is 6.11. The van der Waals surface area contributed by atoms with E-state index in [9.17, 15) is 14.7 Å². The van der Waals surface area contributed by atoms with Crippen LogP contribution in [-0.2, 0) is 9.59 Å². The number of ketones is 1. The Labute approximate surface area is 164 Å². The van der Waals surface area contributed by atoms with E-state index in [1.54, 1.807) is 18.9 Å². The van der Waals surface area contributed by atoms with Crippen LogP contribution in [0.25, 0.3) is 0 Å². The molecule has 144 valence electrons. The van der Waals surface area contributed by atoms with Gasteiger partial charge in [0.1, 0.15) is 16.9 Å². The number of aliphatic hydroxyl groups excluding tert-OH is 1. The number of aliphatic hydroxyl groups is 1. The molecule has 0 bridgehead atoms. The molecule has 2 aromatic rings. The molecule has 0 aromatic heterocycles. The molecule has 1 aliphatic carbocycles. The summed E-state index contributed by atoms with van der Waals surface area (Å²) in [6.07, 6.45) is 2.08. The number of carbonyl (C=O) groups excluding carboxylic acids is 2. The molecule has 0 saturated carbocycles. The average Bonchev–Trinajstić information content (AvgIpc) is 2.71. The van der Waals surface area contributed by atoms with Crippen LogP contribution >= 0.6 is 0 Å². The van der Waals surface area contributed by atoms with Gasteiger partial charge in [0, 0.05) is 18.2 Å². The van der Waals surface area contributed by atoms with Crippen LogP contribution in [0, 0.1) is 11.3 Å². The van der Waals surface area contributed by atoms with Crippen LogP contribution in [-0.4, -0.2) is 23.9 Å². The number of piperidine rings is 1. The predicted molar refractivity (Wildman–Crippen MR) is 106 cm³/mol. The molecular formula is C23H23NO4. The maximum atomic E-state index is 13.7. The van der Waals surface area contributed by atoms with E-state index in [0.29, 0.717) is 12.2 Å². The molecule has 0 radical (unpaired) electrons. The van der Waals surface area contributed by atoms with Gasteiger partial charge in [-0.1, -0.05) is 30.3 Å².